The van der Waals surface area contributed by atoms with Gasteiger partial charge in [-0.3, -0.25) is 0 Å². The molecule has 2 rings (SSSR count). The monoisotopic (exact) mass is 252 g/mol. The highest BCUT2D eigenvalue weighted by Gasteiger charge is 2.31. The molecule has 0 atom stereocenters. The van der Waals surface area contributed by atoms with Gasteiger partial charge in [-0.1, -0.05) is 42.1 Å². The number of rotatable bonds is 3. The Bertz CT molecular complexity index is 344. The first-order valence-corrected chi connectivity index (χ1v) is 7.19. The van der Waals surface area contributed by atoms with E-state index in [1.807, 2.05) is 6.26 Å². The molecule has 0 spiro atoms. The number of benzene rings is 1. The third-order valence-electron chi connectivity index (χ3n) is 2.99. The first-order chi connectivity index (χ1) is 7.78. The molecule has 0 saturated heterocycles. The van der Waals surface area contributed by atoms with Gasteiger partial charge in [0.05, 0.1) is 0 Å². The van der Waals surface area contributed by atoms with Crippen molar-refractivity contribution in [1.29, 1.82) is 0 Å². The molecule has 0 aliphatic heterocycles. The fraction of sp³-hybridized carbons (Fsp3) is 0.462. The molecule has 86 valence electrons. The zero-order valence-electron chi connectivity index (χ0n) is 9.39. The molecule has 1 nitrogen and oxygen atoms in total. The zero-order chi connectivity index (χ0) is 11.4. The fourth-order valence-electron chi connectivity index (χ4n) is 2.07. The minimum Gasteiger partial charge on any atom is -0.475 e. The minimum absolute atomic E-state index is 0.369. The predicted octanol–water partition coefficient (Wildman–Crippen LogP) is 3.67. The normalized spacial score (nSPS) is 23.6. The highest BCUT2D eigenvalue weighted by molar-refractivity contribution is 8.22. The maximum absolute atomic E-state index is 5.60. The van der Waals surface area contributed by atoms with Crippen molar-refractivity contribution in [3.05, 3.63) is 35.9 Å². The van der Waals surface area contributed by atoms with Gasteiger partial charge in [0.2, 0.25) is 4.38 Å². The first-order valence-electron chi connectivity index (χ1n) is 5.56. The number of thioether (sulfide) groups is 1. The van der Waals surface area contributed by atoms with Gasteiger partial charge in [0, 0.05) is 0 Å². The number of ether oxygens (including phenoxy) is 1. The molecule has 0 heterocycles. The molecule has 1 aromatic carbocycles. The topological polar surface area (TPSA) is 9.23 Å². The van der Waals surface area contributed by atoms with Crippen LogP contribution in [-0.2, 0) is 11.2 Å². The van der Waals surface area contributed by atoms with Crippen LogP contribution in [-0.4, -0.2) is 16.7 Å². The molecule has 1 aliphatic carbocycles. The van der Waals surface area contributed by atoms with E-state index in [1.54, 1.807) is 0 Å². The maximum Gasteiger partial charge on any atom is 0.219 e. The van der Waals surface area contributed by atoms with Gasteiger partial charge in [0.15, 0.2) is 0 Å². The Morgan fingerprint density at radius 1 is 1.38 bits per heavy atom. The summed E-state index contributed by atoms with van der Waals surface area (Å²) in [6.45, 7) is 0. The number of hydrogen-bond acceptors (Lipinski definition) is 3. The standard InChI is InChI=1S/C13H16OS2/c1-16-13(15)14-12-8-11(9-12)7-10-5-3-2-4-6-10/h2-6,11-12H,7-9H2,1H3. The summed E-state index contributed by atoms with van der Waals surface area (Å²) in [5, 5.41) is 0. The SMILES string of the molecule is CSC(=S)OC1CC(Cc2ccccc2)C1. The zero-order valence-corrected chi connectivity index (χ0v) is 11.0. The Morgan fingerprint density at radius 2 is 2.06 bits per heavy atom. The summed E-state index contributed by atoms with van der Waals surface area (Å²) < 4.78 is 6.28. The molecule has 0 N–H and O–H groups in total. The Labute approximate surface area is 107 Å². The summed E-state index contributed by atoms with van der Waals surface area (Å²) >= 11 is 6.56. The average molecular weight is 252 g/mol. The van der Waals surface area contributed by atoms with Crippen molar-refractivity contribution < 1.29 is 4.74 Å². The lowest BCUT2D eigenvalue weighted by atomic mass is 9.78. The molecule has 0 unspecified atom stereocenters. The van der Waals surface area contributed by atoms with Gasteiger partial charge in [0.1, 0.15) is 6.10 Å². The Morgan fingerprint density at radius 3 is 2.69 bits per heavy atom. The molecule has 1 saturated carbocycles. The van der Waals surface area contributed by atoms with Gasteiger partial charge in [-0.25, -0.2) is 0 Å². The van der Waals surface area contributed by atoms with Crippen LogP contribution in [0.3, 0.4) is 0 Å². The van der Waals surface area contributed by atoms with E-state index < -0.39 is 0 Å². The smallest absolute Gasteiger partial charge is 0.219 e. The molecular weight excluding hydrogens is 236 g/mol. The van der Waals surface area contributed by atoms with Crippen molar-refractivity contribution in [1.82, 2.24) is 0 Å². The van der Waals surface area contributed by atoms with Crippen molar-refractivity contribution in [2.45, 2.75) is 25.4 Å². The second-order valence-electron chi connectivity index (χ2n) is 4.22. The largest absolute Gasteiger partial charge is 0.475 e. The van der Waals surface area contributed by atoms with E-state index in [9.17, 15) is 0 Å². The van der Waals surface area contributed by atoms with Crippen LogP contribution in [0.5, 0.6) is 0 Å². The van der Waals surface area contributed by atoms with Gasteiger partial charge in [-0.05, 0) is 49.2 Å². The summed E-state index contributed by atoms with van der Waals surface area (Å²) in [6.07, 6.45) is 5.80. The van der Waals surface area contributed by atoms with E-state index in [1.165, 1.54) is 23.7 Å². The lowest BCUT2D eigenvalue weighted by Gasteiger charge is -2.35. The third kappa shape index (κ3) is 3.22. The molecular formula is C13H16OS2. The van der Waals surface area contributed by atoms with Gasteiger partial charge < -0.3 is 4.74 Å². The number of hydrogen-bond donors (Lipinski definition) is 0. The van der Waals surface area contributed by atoms with Crippen LogP contribution in [0.25, 0.3) is 0 Å². The molecule has 1 fully saturated rings. The van der Waals surface area contributed by atoms with Crippen LogP contribution in [0.2, 0.25) is 0 Å². The van der Waals surface area contributed by atoms with Gasteiger partial charge in [-0.2, -0.15) is 0 Å². The Hall–Kier alpha value is -0.540. The summed E-state index contributed by atoms with van der Waals surface area (Å²) in [7, 11) is 0. The molecule has 0 amide bonds. The molecule has 3 heteroatoms. The van der Waals surface area contributed by atoms with Gasteiger partial charge in [-0.15, -0.1) is 0 Å². The summed E-state index contributed by atoms with van der Waals surface area (Å²) in [5.41, 5.74) is 1.43. The third-order valence-corrected chi connectivity index (χ3v) is 4.01. The highest BCUT2D eigenvalue weighted by Crippen LogP contribution is 2.33. The highest BCUT2D eigenvalue weighted by atomic mass is 32.2. The predicted molar refractivity (Wildman–Crippen MR) is 73.9 cm³/mol. The van der Waals surface area contributed by atoms with Crippen LogP contribution in [0.4, 0.5) is 0 Å². The maximum atomic E-state index is 5.60. The van der Waals surface area contributed by atoms with Crippen molar-refractivity contribution >= 4 is 28.4 Å². The average Bonchev–Trinajstić information content (AvgIpc) is 2.27. The molecule has 0 aromatic heterocycles. The van der Waals surface area contributed by atoms with Crippen molar-refractivity contribution in [3.63, 3.8) is 0 Å². The van der Waals surface area contributed by atoms with E-state index in [2.05, 4.69) is 30.3 Å². The van der Waals surface area contributed by atoms with Crippen LogP contribution in [0.1, 0.15) is 18.4 Å². The van der Waals surface area contributed by atoms with Crippen molar-refractivity contribution in [2.24, 2.45) is 5.92 Å². The fourth-order valence-corrected chi connectivity index (χ4v) is 2.44. The van der Waals surface area contributed by atoms with E-state index in [-0.39, 0.29) is 0 Å². The molecule has 16 heavy (non-hydrogen) atoms. The summed E-state index contributed by atoms with van der Waals surface area (Å²) in [4.78, 5) is 0. The van der Waals surface area contributed by atoms with Crippen LogP contribution in [0.15, 0.2) is 30.3 Å². The van der Waals surface area contributed by atoms with Crippen LogP contribution >= 0.6 is 24.0 Å². The van der Waals surface area contributed by atoms with E-state index >= 15 is 0 Å². The minimum atomic E-state index is 0.369. The molecule has 0 radical (unpaired) electrons. The van der Waals surface area contributed by atoms with Gasteiger partial charge >= 0.3 is 0 Å². The lowest BCUT2D eigenvalue weighted by molar-refractivity contribution is 0.0617. The molecule has 1 aliphatic rings. The second kappa shape index (κ2) is 5.69. The second-order valence-corrected chi connectivity index (χ2v) is 5.63. The Balaban J connectivity index is 1.71. The number of thiocarbonyl (C=S) groups is 1. The quantitative estimate of drug-likeness (QED) is 0.760. The molecule has 1 aromatic rings. The van der Waals surface area contributed by atoms with E-state index in [0.29, 0.717) is 10.5 Å². The van der Waals surface area contributed by atoms with Crippen molar-refractivity contribution in [2.75, 3.05) is 6.26 Å². The Kier molecular flexibility index (Phi) is 4.24. The van der Waals surface area contributed by atoms with Gasteiger partial charge in [0.25, 0.3) is 0 Å². The van der Waals surface area contributed by atoms with Crippen LogP contribution < -0.4 is 0 Å². The van der Waals surface area contributed by atoms with Crippen molar-refractivity contribution in [3.8, 4) is 0 Å². The summed E-state index contributed by atoms with van der Waals surface area (Å²) in [6, 6.07) is 10.7. The van der Waals surface area contributed by atoms with E-state index in [0.717, 1.165) is 18.8 Å². The molecule has 0 bridgehead atoms. The lowest BCUT2D eigenvalue weighted by Crippen LogP contribution is -2.33. The first kappa shape index (κ1) is 11.9. The van der Waals surface area contributed by atoms with Crippen LogP contribution in [0, 0.1) is 5.92 Å². The van der Waals surface area contributed by atoms with E-state index in [4.69, 9.17) is 17.0 Å². The summed E-state index contributed by atoms with van der Waals surface area (Å²) in [5.74, 6) is 0.775.